The van der Waals surface area contributed by atoms with Crippen LogP contribution in [-0.2, 0) is 4.74 Å². The third-order valence-electron chi connectivity index (χ3n) is 3.78. The molecule has 0 radical (unpaired) electrons. The van der Waals surface area contributed by atoms with Crippen LogP contribution < -0.4 is 9.47 Å². The molecule has 142 valence electrons. The molecule has 0 bridgehead atoms. The summed E-state index contributed by atoms with van der Waals surface area (Å²) in [5.74, 6) is -0.393. The van der Waals surface area contributed by atoms with Crippen LogP contribution in [0.2, 0.25) is 5.02 Å². The zero-order chi connectivity index (χ0) is 19.8. The summed E-state index contributed by atoms with van der Waals surface area (Å²) in [6.07, 6.45) is -8.35. The average molecular weight is 401 g/mol. The van der Waals surface area contributed by atoms with Gasteiger partial charge in [0.1, 0.15) is 11.5 Å². The number of hydrogen-bond donors (Lipinski definition) is 1. The van der Waals surface area contributed by atoms with E-state index in [9.17, 15) is 18.0 Å². The van der Waals surface area contributed by atoms with Crippen molar-refractivity contribution in [3.63, 3.8) is 0 Å². The van der Waals surface area contributed by atoms with Crippen LogP contribution in [0.5, 0.6) is 11.5 Å². The number of carbonyl (C=O) groups is 1. The Morgan fingerprint density at radius 2 is 1.89 bits per heavy atom. The van der Waals surface area contributed by atoms with Gasteiger partial charge in [-0.3, -0.25) is 0 Å². The minimum Gasteiger partial charge on any atom is -0.497 e. The summed E-state index contributed by atoms with van der Waals surface area (Å²) in [7, 11) is 1.49. The average Bonchev–Trinajstić information content (AvgIpc) is 2.59. The highest BCUT2D eigenvalue weighted by atomic mass is 35.5. The van der Waals surface area contributed by atoms with Crippen molar-refractivity contribution in [3.8, 4) is 22.6 Å². The normalized spacial score (nSPS) is 16.0. The molecule has 1 heterocycles. The summed E-state index contributed by atoms with van der Waals surface area (Å²) >= 11 is 6.08. The molecular weight excluding hydrogens is 389 g/mol. The lowest BCUT2D eigenvalue weighted by Crippen LogP contribution is -2.39. The first kappa shape index (κ1) is 18.9. The molecule has 0 saturated carbocycles. The van der Waals surface area contributed by atoms with Crippen LogP contribution in [0, 0.1) is 0 Å². The minimum atomic E-state index is -4.88. The van der Waals surface area contributed by atoms with E-state index in [2.05, 4.69) is 4.74 Å². The second kappa shape index (κ2) is 7.03. The lowest BCUT2D eigenvalue weighted by Gasteiger charge is -2.29. The molecule has 5 nitrogen and oxygen atoms in total. The molecule has 0 amide bonds. The van der Waals surface area contributed by atoms with Crippen molar-refractivity contribution in [2.24, 2.45) is 0 Å². The van der Waals surface area contributed by atoms with Crippen LogP contribution in [0.15, 0.2) is 42.2 Å². The Hall–Kier alpha value is -2.87. The molecule has 0 saturated heterocycles. The van der Waals surface area contributed by atoms with Gasteiger partial charge in [-0.1, -0.05) is 23.7 Å². The fourth-order valence-corrected chi connectivity index (χ4v) is 2.88. The van der Waals surface area contributed by atoms with Crippen LogP contribution in [0.4, 0.5) is 18.0 Å². The Morgan fingerprint density at radius 1 is 1.22 bits per heavy atom. The number of alkyl halides is 3. The van der Waals surface area contributed by atoms with E-state index in [1.165, 1.54) is 19.2 Å². The van der Waals surface area contributed by atoms with E-state index in [4.69, 9.17) is 26.2 Å². The Bertz CT molecular complexity index is 906. The molecule has 27 heavy (non-hydrogen) atoms. The molecule has 1 atom stereocenters. The van der Waals surface area contributed by atoms with Crippen molar-refractivity contribution in [1.29, 1.82) is 0 Å². The van der Waals surface area contributed by atoms with Gasteiger partial charge in [0.15, 0.2) is 5.76 Å². The predicted molar refractivity (Wildman–Crippen MR) is 91.0 cm³/mol. The summed E-state index contributed by atoms with van der Waals surface area (Å²) in [6.45, 7) is 0. The van der Waals surface area contributed by atoms with Gasteiger partial charge in [0.05, 0.1) is 7.11 Å². The zero-order valence-electron chi connectivity index (χ0n) is 13.7. The quantitative estimate of drug-likeness (QED) is 0.701. The SMILES string of the molecule is COc1ccc(-c2cc(Cl)cc3c2OC(C(F)(F)F)C(OC(=O)O)=C3)cc1. The first-order chi connectivity index (χ1) is 12.7. The second-order valence-electron chi connectivity index (χ2n) is 5.55. The molecule has 2 aromatic carbocycles. The Balaban J connectivity index is 2.15. The molecule has 0 spiro atoms. The topological polar surface area (TPSA) is 65.0 Å². The number of methoxy groups -OCH3 is 1. The summed E-state index contributed by atoms with van der Waals surface area (Å²) < 4.78 is 54.6. The molecule has 1 aliphatic rings. The first-order valence-corrected chi connectivity index (χ1v) is 7.90. The van der Waals surface area contributed by atoms with E-state index in [1.54, 1.807) is 24.3 Å². The van der Waals surface area contributed by atoms with Crippen molar-refractivity contribution >= 4 is 23.8 Å². The molecule has 1 unspecified atom stereocenters. The molecule has 0 aromatic heterocycles. The van der Waals surface area contributed by atoms with Crippen molar-refractivity contribution in [1.82, 2.24) is 0 Å². The number of benzene rings is 2. The van der Waals surface area contributed by atoms with Gasteiger partial charge >= 0.3 is 12.3 Å². The van der Waals surface area contributed by atoms with Gasteiger partial charge < -0.3 is 19.3 Å². The highest BCUT2D eigenvalue weighted by Crippen LogP contribution is 2.44. The molecule has 1 N–H and O–H groups in total. The maximum atomic E-state index is 13.4. The molecule has 0 aliphatic carbocycles. The van der Waals surface area contributed by atoms with Gasteiger partial charge in [-0.25, -0.2) is 4.79 Å². The number of ether oxygens (including phenoxy) is 3. The van der Waals surface area contributed by atoms with E-state index < -0.39 is 24.2 Å². The highest BCUT2D eigenvalue weighted by molar-refractivity contribution is 6.31. The van der Waals surface area contributed by atoms with Gasteiger partial charge in [0, 0.05) is 16.1 Å². The predicted octanol–water partition coefficient (Wildman–Crippen LogP) is 5.37. The fourth-order valence-electron chi connectivity index (χ4n) is 2.66. The minimum absolute atomic E-state index is 0.0790. The van der Waals surface area contributed by atoms with E-state index in [0.717, 1.165) is 6.08 Å². The summed E-state index contributed by atoms with van der Waals surface area (Å²) in [4.78, 5) is 10.7. The summed E-state index contributed by atoms with van der Waals surface area (Å²) in [5.41, 5.74) is 1.04. The first-order valence-electron chi connectivity index (χ1n) is 7.52. The Kier molecular flexibility index (Phi) is 4.93. The number of hydrogen-bond acceptors (Lipinski definition) is 4. The lowest BCUT2D eigenvalue weighted by molar-refractivity contribution is -0.191. The summed E-state index contributed by atoms with van der Waals surface area (Å²) in [5, 5.41) is 8.95. The molecule has 3 rings (SSSR count). The van der Waals surface area contributed by atoms with Crippen molar-refractivity contribution in [3.05, 3.63) is 52.7 Å². The van der Waals surface area contributed by atoms with Crippen LogP contribution in [0.1, 0.15) is 5.56 Å². The lowest BCUT2D eigenvalue weighted by atomic mass is 9.98. The third kappa shape index (κ3) is 3.95. The van der Waals surface area contributed by atoms with Crippen molar-refractivity contribution in [2.75, 3.05) is 7.11 Å². The van der Waals surface area contributed by atoms with Crippen LogP contribution in [0.25, 0.3) is 17.2 Å². The Labute approximate surface area is 156 Å². The largest absolute Gasteiger partial charge is 0.511 e. The van der Waals surface area contributed by atoms with Crippen molar-refractivity contribution < 1.29 is 37.3 Å². The summed E-state index contributed by atoms with van der Waals surface area (Å²) in [6, 6.07) is 9.39. The standard InChI is InChI=1S/C18H12ClF3O5/c1-25-12-4-2-9(3-5-12)13-8-11(19)6-10-7-14(26-17(23)24)16(18(20,21)22)27-15(10)13/h2-8,16H,1H3,(H,23,24). The smallest absolute Gasteiger partial charge is 0.497 e. The maximum absolute atomic E-state index is 13.4. The van der Waals surface area contributed by atoms with Gasteiger partial charge in [-0.2, -0.15) is 13.2 Å². The number of rotatable bonds is 3. The molecule has 2 aromatic rings. The van der Waals surface area contributed by atoms with E-state index in [0.29, 0.717) is 16.9 Å². The molecule has 9 heteroatoms. The van der Waals surface area contributed by atoms with Crippen molar-refractivity contribution in [2.45, 2.75) is 12.3 Å². The van der Waals surface area contributed by atoms with Gasteiger partial charge in [-0.05, 0) is 35.9 Å². The van der Waals surface area contributed by atoms with Crippen LogP contribution in [0.3, 0.4) is 0 Å². The maximum Gasteiger partial charge on any atom is 0.511 e. The second-order valence-corrected chi connectivity index (χ2v) is 5.99. The van der Waals surface area contributed by atoms with Crippen LogP contribution in [-0.4, -0.2) is 30.7 Å². The monoisotopic (exact) mass is 400 g/mol. The molecular formula is C18H12ClF3O5. The molecule has 1 aliphatic heterocycles. The van der Waals surface area contributed by atoms with Gasteiger partial charge in [-0.15, -0.1) is 0 Å². The number of carboxylic acid groups (broad SMARTS) is 1. The van der Waals surface area contributed by atoms with E-state index >= 15 is 0 Å². The van der Waals surface area contributed by atoms with Gasteiger partial charge in [0.25, 0.3) is 6.10 Å². The fraction of sp³-hybridized carbons (Fsp3) is 0.167. The molecule has 0 fully saturated rings. The van der Waals surface area contributed by atoms with E-state index in [-0.39, 0.29) is 16.3 Å². The number of halogens is 4. The van der Waals surface area contributed by atoms with E-state index in [1.807, 2.05) is 0 Å². The van der Waals surface area contributed by atoms with Gasteiger partial charge in [0.2, 0.25) is 0 Å². The zero-order valence-corrected chi connectivity index (χ0v) is 14.5. The third-order valence-corrected chi connectivity index (χ3v) is 4.00. The highest BCUT2D eigenvalue weighted by Gasteiger charge is 2.48. The number of fused-ring (bicyclic) bond motifs is 1. The van der Waals surface area contributed by atoms with Crippen LogP contribution >= 0.6 is 11.6 Å². The Morgan fingerprint density at radius 3 is 2.44 bits per heavy atom.